The Morgan fingerprint density at radius 1 is 1.47 bits per heavy atom. The lowest BCUT2D eigenvalue weighted by Gasteiger charge is -2.12. The largest absolute Gasteiger partial charge is 0.491 e. The molecule has 0 heterocycles. The van der Waals surface area contributed by atoms with Crippen LogP contribution in [0.15, 0.2) is 24.3 Å². The second kappa shape index (κ2) is 8.82. The summed E-state index contributed by atoms with van der Waals surface area (Å²) in [6.07, 6.45) is 2.10. The summed E-state index contributed by atoms with van der Waals surface area (Å²) in [7, 11) is 0. The monoisotopic (exact) mass is 283 g/mol. The number of ether oxygens (including phenoxy) is 1. The average Bonchev–Trinajstić information content (AvgIpc) is 2.39. The molecule has 0 radical (unpaired) electrons. The average molecular weight is 283 g/mol. The molecule has 0 aliphatic rings. The van der Waals surface area contributed by atoms with Crippen LogP contribution >= 0.6 is 11.8 Å². The van der Waals surface area contributed by atoms with E-state index in [-0.39, 0.29) is 5.56 Å². The minimum atomic E-state index is -0.961. The van der Waals surface area contributed by atoms with Crippen LogP contribution < -0.4 is 10.1 Å². The molecule has 0 bridgehead atoms. The molecule has 0 spiro atoms. The van der Waals surface area contributed by atoms with E-state index < -0.39 is 5.97 Å². The van der Waals surface area contributed by atoms with Crippen LogP contribution in [-0.4, -0.2) is 42.8 Å². The van der Waals surface area contributed by atoms with Crippen LogP contribution in [0.4, 0.5) is 0 Å². The lowest BCUT2D eigenvalue weighted by Crippen LogP contribution is -2.27. The van der Waals surface area contributed by atoms with Gasteiger partial charge in [0.15, 0.2) is 0 Å². The van der Waals surface area contributed by atoms with E-state index in [2.05, 4.69) is 18.5 Å². The molecule has 4 nitrogen and oxygen atoms in total. The predicted octanol–water partition coefficient (Wildman–Crippen LogP) is 2.35. The summed E-state index contributed by atoms with van der Waals surface area (Å²) in [5.41, 5.74) is 0.207. The van der Waals surface area contributed by atoms with Gasteiger partial charge in [0.05, 0.1) is 0 Å². The second-order valence-electron chi connectivity index (χ2n) is 4.41. The van der Waals surface area contributed by atoms with Crippen molar-refractivity contribution in [2.24, 2.45) is 5.92 Å². The molecule has 0 aliphatic carbocycles. The van der Waals surface area contributed by atoms with Crippen LogP contribution in [0, 0.1) is 5.92 Å². The second-order valence-corrected chi connectivity index (χ2v) is 5.33. The number of aromatic carboxylic acids is 1. The Kier molecular flexibility index (Phi) is 7.36. The molecule has 106 valence electrons. The fraction of sp³-hybridized carbons (Fsp3) is 0.500. The van der Waals surface area contributed by atoms with Gasteiger partial charge in [-0.1, -0.05) is 19.1 Å². The Morgan fingerprint density at radius 3 is 2.89 bits per heavy atom. The smallest absolute Gasteiger partial charge is 0.339 e. The maximum absolute atomic E-state index is 11.0. The standard InChI is InChI=1S/C14H21NO3S/c1-11(10-19-2)9-15-7-8-18-13-6-4-3-5-12(13)14(16)17/h3-6,11,15H,7-10H2,1-2H3,(H,16,17). The minimum Gasteiger partial charge on any atom is -0.491 e. The number of para-hydroxylation sites is 1. The minimum absolute atomic E-state index is 0.207. The number of benzene rings is 1. The maximum atomic E-state index is 11.0. The molecule has 1 unspecified atom stereocenters. The van der Waals surface area contributed by atoms with Gasteiger partial charge in [-0.3, -0.25) is 0 Å². The number of nitrogens with one attached hydrogen (secondary N) is 1. The Balaban J connectivity index is 2.28. The normalized spacial score (nSPS) is 12.1. The summed E-state index contributed by atoms with van der Waals surface area (Å²) in [6, 6.07) is 6.69. The summed E-state index contributed by atoms with van der Waals surface area (Å²) < 4.78 is 5.49. The Labute approximate surface area is 118 Å². The van der Waals surface area contributed by atoms with Gasteiger partial charge in [0, 0.05) is 6.54 Å². The zero-order valence-electron chi connectivity index (χ0n) is 11.4. The quantitative estimate of drug-likeness (QED) is 0.681. The SMILES string of the molecule is CSCC(C)CNCCOc1ccccc1C(=O)O. The number of carboxylic acids is 1. The molecule has 0 aromatic heterocycles. The third kappa shape index (κ3) is 5.98. The van der Waals surface area contributed by atoms with Crippen molar-refractivity contribution in [3.8, 4) is 5.75 Å². The Hall–Kier alpha value is -1.20. The molecule has 5 heteroatoms. The molecular weight excluding hydrogens is 262 g/mol. The van der Waals surface area contributed by atoms with E-state index >= 15 is 0 Å². The van der Waals surface area contributed by atoms with Crippen molar-refractivity contribution in [3.63, 3.8) is 0 Å². The third-order valence-electron chi connectivity index (χ3n) is 2.60. The van der Waals surface area contributed by atoms with Gasteiger partial charge in [0.2, 0.25) is 0 Å². The summed E-state index contributed by atoms with van der Waals surface area (Å²) in [5, 5.41) is 12.3. The van der Waals surface area contributed by atoms with Crippen LogP contribution in [0.5, 0.6) is 5.75 Å². The van der Waals surface area contributed by atoms with Gasteiger partial charge in [0.25, 0.3) is 0 Å². The zero-order chi connectivity index (χ0) is 14.1. The van der Waals surface area contributed by atoms with Crippen molar-refractivity contribution in [2.75, 3.05) is 31.7 Å². The zero-order valence-corrected chi connectivity index (χ0v) is 12.2. The van der Waals surface area contributed by atoms with E-state index in [0.717, 1.165) is 12.3 Å². The molecule has 2 N–H and O–H groups in total. The van der Waals surface area contributed by atoms with Gasteiger partial charge in [-0.15, -0.1) is 0 Å². The maximum Gasteiger partial charge on any atom is 0.339 e. The molecule has 0 aliphatic heterocycles. The lowest BCUT2D eigenvalue weighted by molar-refractivity contribution is 0.0692. The van der Waals surface area contributed by atoms with Crippen LogP contribution in [0.2, 0.25) is 0 Å². The van der Waals surface area contributed by atoms with Crippen LogP contribution in [0.25, 0.3) is 0 Å². The molecular formula is C14H21NO3S. The van der Waals surface area contributed by atoms with Crippen LogP contribution in [0.1, 0.15) is 17.3 Å². The Bertz CT molecular complexity index is 398. The van der Waals surface area contributed by atoms with Crippen molar-refractivity contribution in [1.82, 2.24) is 5.32 Å². The van der Waals surface area contributed by atoms with Gasteiger partial charge in [-0.2, -0.15) is 11.8 Å². The first kappa shape index (κ1) is 15.9. The number of hydrogen-bond donors (Lipinski definition) is 2. The van der Waals surface area contributed by atoms with Crippen molar-refractivity contribution in [3.05, 3.63) is 29.8 Å². The van der Waals surface area contributed by atoms with Gasteiger partial charge >= 0.3 is 5.97 Å². The first-order valence-corrected chi connectivity index (χ1v) is 7.69. The lowest BCUT2D eigenvalue weighted by atomic mass is 10.2. The van der Waals surface area contributed by atoms with Crippen molar-refractivity contribution in [2.45, 2.75) is 6.92 Å². The van der Waals surface area contributed by atoms with Crippen molar-refractivity contribution < 1.29 is 14.6 Å². The van der Waals surface area contributed by atoms with E-state index in [9.17, 15) is 4.79 Å². The molecule has 0 amide bonds. The topological polar surface area (TPSA) is 58.6 Å². The number of rotatable bonds is 9. The van der Waals surface area contributed by atoms with E-state index in [1.54, 1.807) is 24.3 Å². The molecule has 0 saturated carbocycles. The van der Waals surface area contributed by atoms with E-state index in [0.29, 0.717) is 24.8 Å². The van der Waals surface area contributed by atoms with Gasteiger partial charge in [0.1, 0.15) is 17.9 Å². The molecule has 1 aromatic carbocycles. The highest BCUT2D eigenvalue weighted by atomic mass is 32.2. The highest BCUT2D eigenvalue weighted by molar-refractivity contribution is 7.98. The molecule has 0 fully saturated rings. The molecule has 1 aromatic rings. The van der Waals surface area contributed by atoms with E-state index in [1.165, 1.54) is 0 Å². The number of thioether (sulfide) groups is 1. The van der Waals surface area contributed by atoms with Gasteiger partial charge < -0.3 is 15.2 Å². The third-order valence-corrected chi connectivity index (χ3v) is 3.50. The molecule has 19 heavy (non-hydrogen) atoms. The van der Waals surface area contributed by atoms with Gasteiger partial charge in [-0.05, 0) is 36.6 Å². The summed E-state index contributed by atoms with van der Waals surface area (Å²) >= 11 is 1.84. The summed E-state index contributed by atoms with van der Waals surface area (Å²) in [5.74, 6) is 1.22. The highest BCUT2D eigenvalue weighted by Crippen LogP contribution is 2.17. The van der Waals surface area contributed by atoms with Crippen molar-refractivity contribution >= 4 is 17.7 Å². The summed E-state index contributed by atoms with van der Waals surface area (Å²) in [4.78, 5) is 11.0. The first-order valence-electron chi connectivity index (χ1n) is 6.30. The number of hydrogen-bond acceptors (Lipinski definition) is 4. The Morgan fingerprint density at radius 2 is 2.21 bits per heavy atom. The van der Waals surface area contributed by atoms with Crippen LogP contribution in [0.3, 0.4) is 0 Å². The molecule has 1 atom stereocenters. The summed E-state index contributed by atoms with van der Waals surface area (Å²) in [6.45, 7) is 4.33. The number of carbonyl (C=O) groups is 1. The van der Waals surface area contributed by atoms with Crippen molar-refractivity contribution in [1.29, 1.82) is 0 Å². The number of carboxylic acid groups (broad SMARTS) is 1. The molecule has 1 rings (SSSR count). The van der Waals surface area contributed by atoms with E-state index in [4.69, 9.17) is 9.84 Å². The van der Waals surface area contributed by atoms with Gasteiger partial charge in [-0.25, -0.2) is 4.79 Å². The fourth-order valence-corrected chi connectivity index (χ4v) is 2.38. The van der Waals surface area contributed by atoms with Crippen LogP contribution in [-0.2, 0) is 0 Å². The fourth-order valence-electron chi connectivity index (χ4n) is 1.69. The molecule has 0 saturated heterocycles. The first-order chi connectivity index (χ1) is 9.15. The van der Waals surface area contributed by atoms with E-state index in [1.807, 2.05) is 11.8 Å². The highest BCUT2D eigenvalue weighted by Gasteiger charge is 2.09. The predicted molar refractivity (Wildman–Crippen MR) is 79.3 cm³/mol.